The summed E-state index contributed by atoms with van der Waals surface area (Å²) in [5.74, 6) is 1.49. The van der Waals surface area contributed by atoms with E-state index in [0.717, 1.165) is 24.9 Å². The highest BCUT2D eigenvalue weighted by atomic mass is 16.3. The molecule has 0 aromatic heterocycles. The van der Waals surface area contributed by atoms with Crippen molar-refractivity contribution in [1.29, 1.82) is 0 Å². The maximum Gasteiger partial charge on any atom is 0.0867 e. The van der Waals surface area contributed by atoms with Crippen LogP contribution in [0.15, 0.2) is 0 Å². The van der Waals surface area contributed by atoms with E-state index >= 15 is 0 Å². The number of nitrogens with two attached hydrogens (primary N) is 1. The number of likely N-dealkylation sites (tertiary alicyclic amines) is 1. The maximum atomic E-state index is 9.79. The van der Waals surface area contributed by atoms with Gasteiger partial charge >= 0.3 is 0 Å². The lowest BCUT2D eigenvalue weighted by atomic mass is 10.0. The molecule has 3 nitrogen and oxygen atoms in total. The van der Waals surface area contributed by atoms with Crippen molar-refractivity contribution in [2.75, 3.05) is 26.2 Å². The average Bonchev–Trinajstić information content (AvgIpc) is 2.30. The van der Waals surface area contributed by atoms with Gasteiger partial charge in [-0.2, -0.15) is 0 Å². The summed E-state index contributed by atoms with van der Waals surface area (Å²) in [6.45, 7) is 9.57. The molecule has 1 aliphatic rings. The normalized spacial score (nSPS) is 34.8. The highest BCUT2D eigenvalue weighted by Gasteiger charge is 2.30. The molecule has 0 amide bonds. The van der Waals surface area contributed by atoms with Crippen molar-refractivity contribution in [3.8, 4) is 0 Å². The number of nitrogens with zero attached hydrogens (tertiary/aromatic N) is 1. The molecule has 0 aromatic carbocycles. The van der Waals surface area contributed by atoms with Crippen LogP contribution in [0.5, 0.6) is 0 Å². The van der Waals surface area contributed by atoms with Gasteiger partial charge in [-0.1, -0.05) is 13.8 Å². The number of hydrogen-bond acceptors (Lipinski definition) is 3. The minimum absolute atomic E-state index is 0.340. The summed E-state index contributed by atoms with van der Waals surface area (Å²) in [4.78, 5) is 2.31. The first kappa shape index (κ1) is 11.0. The third kappa shape index (κ3) is 2.93. The summed E-state index contributed by atoms with van der Waals surface area (Å²) in [6, 6.07) is 0. The van der Waals surface area contributed by atoms with Crippen molar-refractivity contribution in [3.05, 3.63) is 0 Å². The van der Waals surface area contributed by atoms with Gasteiger partial charge in [0.2, 0.25) is 0 Å². The van der Waals surface area contributed by atoms with E-state index in [1.54, 1.807) is 6.92 Å². The van der Waals surface area contributed by atoms with Crippen LogP contribution in [0.2, 0.25) is 0 Å². The van der Waals surface area contributed by atoms with Crippen LogP contribution in [0.4, 0.5) is 0 Å². The van der Waals surface area contributed by atoms with Crippen molar-refractivity contribution in [2.24, 2.45) is 17.6 Å². The van der Waals surface area contributed by atoms with Gasteiger partial charge < -0.3 is 10.8 Å². The van der Waals surface area contributed by atoms with E-state index in [-0.39, 0.29) is 0 Å². The van der Waals surface area contributed by atoms with Crippen LogP contribution in [-0.2, 0) is 0 Å². The van der Waals surface area contributed by atoms with E-state index in [0.29, 0.717) is 13.1 Å². The van der Waals surface area contributed by atoms with E-state index in [1.165, 1.54) is 0 Å². The summed E-state index contributed by atoms with van der Waals surface area (Å²) < 4.78 is 0. The molecule has 1 aliphatic heterocycles. The first-order valence-electron chi connectivity index (χ1n) is 5.09. The highest BCUT2D eigenvalue weighted by molar-refractivity contribution is 4.85. The van der Waals surface area contributed by atoms with Crippen molar-refractivity contribution >= 4 is 0 Å². The van der Waals surface area contributed by atoms with Crippen molar-refractivity contribution in [3.63, 3.8) is 0 Å². The van der Waals surface area contributed by atoms with Gasteiger partial charge in [0.05, 0.1) is 5.60 Å². The second-order valence-electron chi connectivity index (χ2n) is 4.85. The molecule has 0 aromatic rings. The minimum atomic E-state index is -0.718. The van der Waals surface area contributed by atoms with E-state index in [1.807, 2.05) is 0 Å². The van der Waals surface area contributed by atoms with E-state index in [9.17, 15) is 5.11 Å². The Morgan fingerprint density at radius 1 is 1.38 bits per heavy atom. The molecular weight excluding hydrogens is 164 g/mol. The highest BCUT2D eigenvalue weighted by Crippen LogP contribution is 2.23. The zero-order valence-electron chi connectivity index (χ0n) is 8.95. The zero-order valence-corrected chi connectivity index (χ0v) is 8.95. The van der Waals surface area contributed by atoms with Gasteiger partial charge in [-0.3, -0.25) is 4.90 Å². The second-order valence-corrected chi connectivity index (χ2v) is 4.85. The summed E-state index contributed by atoms with van der Waals surface area (Å²) in [5.41, 5.74) is 4.76. The zero-order chi connectivity index (χ0) is 10.1. The van der Waals surface area contributed by atoms with Gasteiger partial charge in [0, 0.05) is 26.2 Å². The Balaban J connectivity index is 2.40. The number of β-amino-alcohol motifs (C(OH)–C–C–N with tert-alkyl or cyclic N) is 1. The van der Waals surface area contributed by atoms with Gasteiger partial charge in [-0.05, 0) is 18.8 Å². The first-order valence-corrected chi connectivity index (χ1v) is 5.09. The van der Waals surface area contributed by atoms with Crippen molar-refractivity contribution in [2.45, 2.75) is 26.4 Å². The van der Waals surface area contributed by atoms with Crippen LogP contribution in [-0.4, -0.2) is 41.8 Å². The molecule has 0 aliphatic carbocycles. The quantitative estimate of drug-likeness (QED) is 0.666. The Bertz CT molecular complexity index is 160. The monoisotopic (exact) mass is 186 g/mol. The topological polar surface area (TPSA) is 49.5 Å². The third-order valence-electron chi connectivity index (χ3n) is 3.07. The van der Waals surface area contributed by atoms with E-state index < -0.39 is 5.60 Å². The molecule has 1 saturated heterocycles. The summed E-state index contributed by atoms with van der Waals surface area (Å²) in [5, 5.41) is 9.79. The van der Waals surface area contributed by atoms with Crippen LogP contribution in [0.25, 0.3) is 0 Å². The van der Waals surface area contributed by atoms with Crippen LogP contribution in [0, 0.1) is 11.8 Å². The summed E-state index contributed by atoms with van der Waals surface area (Å²) >= 11 is 0. The number of aliphatic hydroxyl groups is 1. The predicted molar refractivity (Wildman–Crippen MR) is 54.4 cm³/mol. The first-order chi connectivity index (χ1) is 5.94. The van der Waals surface area contributed by atoms with Crippen LogP contribution in [0.1, 0.15) is 20.8 Å². The molecule has 78 valence electrons. The van der Waals surface area contributed by atoms with E-state index in [2.05, 4.69) is 18.7 Å². The predicted octanol–water partition coefficient (Wildman–Crippen LogP) is 0.284. The Labute approximate surface area is 80.9 Å². The molecule has 1 heterocycles. The molecule has 3 atom stereocenters. The van der Waals surface area contributed by atoms with E-state index in [4.69, 9.17) is 5.73 Å². The molecule has 1 fully saturated rings. The molecule has 0 bridgehead atoms. The van der Waals surface area contributed by atoms with Gasteiger partial charge in [0.1, 0.15) is 0 Å². The van der Waals surface area contributed by atoms with Gasteiger partial charge in [-0.25, -0.2) is 0 Å². The smallest absolute Gasteiger partial charge is 0.0867 e. The lowest BCUT2D eigenvalue weighted by molar-refractivity contribution is 0.0331. The van der Waals surface area contributed by atoms with Crippen LogP contribution >= 0.6 is 0 Å². The summed E-state index contributed by atoms with van der Waals surface area (Å²) in [6.07, 6.45) is 0. The van der Waals surface area contributed by atoms with Crippen LogP contribution in [0.3, 0.4) is 0 Å². The molecule has 3 unspecified atom stereocenters. The Kier molecular flexibility index (Phi) is 3.33. The van der Waals surface area contributed by atoms with Crippen molar-refractivity contribution < 1.29 is 5.11 Å². The molecule has 13 heavy (non-hydrogen) atoms. The van der Waals surface area contributed by atoms with Crippen LogP contribution < -0.4 is 5.73 Å². The van der Waals surface area contributed by atoms with Crippen molar-refractivity contribution in [1.82, 2.24) is 4.90 Å². The number of rotatable bonds is 3. The molecule has 3 N–H and O–H groups in total. The molecule has 0 saturated carbocycles. The Morgan fingerprint density at radius 2 is 1.85 bits per heavy atom. The standard InChI is InChI=1S/C10H22N2O/c1-8-4-12(5-9(8)2)7-10(3,13)6-11/h8-9,13H,4-7,11H2,1-3H3. The maximum absolute atomic E-state index is 9.79. The third-order valence-corrected chi connectivity index (χ3v) is 3.07. The fourth-order valence-electron chi connectivity index (χ4n) is 1.92. The lowest BCUT2D eigenvalue weighted by Crippen LogP contribution is -2.45. The molecule has 0 radical (unpaired) electrons. The van der Waals surface area contributed by atoms with Gasteiger partial charge in [0.25, 0.3) is 0 Å². The largest absolute Gasteiger partial charge is 0.388 e. The van der Waals surface area contributed by atoms with Gasteiger partial charge in [0.15, 0.2) is 0 Å². The fourth-order valence-corrected chi connectivity index (χ4v) is 1.92. The molecule has 0 spiro atoms. The Morgan fingerprint density at radius 3 is 2.23 bits per heavy atom. The molecule has 3 heteroatoms. The lowest BCUT2D eigenvalue weighted by Gasteiger charge is -2.27. The second kappa shape index (κ2) is 3.95. The van der Waals surface area contributed by atoms with Gasteiger partial charge in [-0.15, -0.1) is 0 Å². The SMILES string of the molecule is CC1CN(CC(C)(O)CN)CC1C. The number of hydrogen-bond donors (Lipinski definition) is 2. The summed E-state index contributed by atoms with van der Waals surface area (Å²) in [7, 11) is 0. The fraction of sp³-hybridized carbons (Fsp3) is 1.00. The Hall–Kier alpha value is -0.120. The molecule has 1 rings (SSSR count). The molecular formula is C10H22N2O. The average molecular weight is 186 g/mol. The minimum Gasteiger partial charge on any atom is -0.388 e.